The molecule has 0 radical (unpaired) electrons. The second-order valence-electron chi connectivity index (χ2n) is 0.302. The molecule has 4 nitrogen and oxygen atoms in total. The predicted octanol–water partition coefficient (Wildman–Crippen LogP) is -0.478. The standard InChI is InChI=1S/Ag.4O. The van der Waals surface area contributed by atoms with Crippen molar-refractivity contribution in [1.29, 1.82) is 0 Å². The van der Waals surface area contributed by atoms with E-state index in [2.05, 4.69) is 0 Å². The molecule has 0 atom stereocenters. The zero-order valence-electron chi connectivity index (χ0n) is 1.93. The fourth-order valence-corrected chi connectivity index (χ4v) is 0. The van der Waals surface area contributed by atoms with Crippen LogP contribution in [0.4, 0.5) is 0 Å². The van der Waals surface area contributed by atoms with Gasteiger partial charge in [0.1, 0.15) is 0 Å². The van der Waals surface area contributed by atoms with Crippen LogP contribution >= 0.6 is 0 Å². The Hall–Kier alpha value is -0.0597. The van der Waals surface area contributed by atoms with Gasteiger partial charge in [0.15, 0.2) is 0 Å². The number of hydrogen-bond acceptors (Lipinski definition) is 4. The van der Waals surface area contributed by atoms with Crippen molar-refractivity contribution in [2.75, 3.05) is 0 Å². The number of rotatable bonds is 0. The quantitative estimate of drug-likeness (QED) is 0.462. The molecular weight excluding hydrogens is 172 g/mol. The van der Waals surface area contributed by atoms with Crippen LogP contribution in [-0.2, 0) is 30.0 Å². The molecule has 5 heavy (non-hydrogen) atoms. The average molecular weight is 172 g/mol. The van der Waals surface area contributed by atoms with Gasteiger partial charge in [-0.3, -0.25) is 0 Å². The van der Waals surface area contributed by atoms with Crippen molar-refractivity contribution in [3.63, 3.8) is 0 Å². The minimum absolute atomic E-state index is 5.62. The molecule has 0 aliphatic rings. The third-order valence-corrected chi connectivity index (χ3v) is 0. The van der Waals surface area contributed by atoms with E-state index in [9.17, 15) is 0 Å². The maximum atomic E-state index is 8.58. The van der Waals surface area contributed by atoms with E-state index in [-0.39, 0.29) is 0 Å². The summed E-state index contributed by atoms with van der Waals surface area (Å²) in [7, 11) is 0. The molecule has 0 aromatic heterocycles. The van der Waals surface area contributed by atoms with Crippen LogP contribution in [0.5, 0.6) is 0 Å². The minimum atomic E-state index is -5.62. The van der Waals surface area contributed by atoms with E-state index in [4.69, 9.17) is 13.0 Å². The van der Waals surface area contributed by atoms with Crippen LogP contribution in [0.25, 0.3) is 0 Å². The summed E-state index contributed by atoms with van der Waals surface area (Å²) in [6.45, 7) is 0. The average Bonchev–Trinajstić information content (AvgIpc) is 0.722. The molecule has 0 saturated heterocycles. The molecule has 0 N–H and O–H groups in total. The summed E-state index contributed by atoms with van der Waals surface area (Å²) in [5.41, 5.74) is 0. The second kappa shape index (κ2) is 0.965. The van der Waals surface area contributed by atoms with E-state index in [0.29, 0.717) is 0 Å². The monoisotopic (exact) mass is 171 g/mol. The van der Waals surface area contributed by atoms with Crippen LogP contribution in [-0.4, -0.2) is 0 Å². The Bertz CT molecular complexity index is 155. The van der Waals surface area contributed by atoms with Gasteiger partial charge in [0.25, 0.3) is 0 Å². The maximum absolute atomic E-state index is 8.58. The predicted molar refractivity (Wildman–Crippen MR) is 2.75 cm³/mol. The summed E-state index contributed by atoms with van der Waals surface area (Å²) in [5, 5.41) is 0. The molecule has 0 rings (SSSR count). The fraction of sp³-hybridized carbons (Fsp3) is 0. The second-order valence-corrected chi connectivity index (χ2v) is 1.78. The van der Waals surface area contributed by atoms with E-state index < -0.39 is 17.0 Å². The van der Waals surface area contributed by atoms with Crippen LogP contribution in [0.3, 0.4) is 0 Å². The summed E-state index contributed by atoms with van der Waals surface area (Å²) in [5.74, 6) is 0. The summed E-state index contributed by atoms with van der Waals surface area (Å²) < 4.78 is 34.3. The summed E-state index contributed by atoms with van der Waals surface area (Å²) in [6, 6.07) is 0. The van der Waals surface area contributed by atoms with Crippen LogP contribution in [0.15, 0.2) is 0 Å². The molecule has 0 bridgehead atoms. The molecule has 0 amide bonds. The number of hydrogen-bond donors (Lipinski definition) is 0. The Morgan fingerprint density at radius 3 is 0.800 bits per heavy atom. The van der Waals surface area contributed by atoms with Gasteiger partial charge >= 0.3 is 30.0 Å². The molecule has 0 spiro atoms. The normalized spacial score (nSPS) is 14.4. The van der Waals surface area contributed by atoms with Crippen molar-refractivity contribution in [3.05, 3.63) is 0 Å². The molecule has 35 valence electrons. The van der Waals surface area contributed by atoms with Gasteiger partial charge in [-0.2, -0.15) is 0 Å². The molecule has 0 unspecified atom stereocenters. The van der Waals surface area contributed by atoms with Crippen molar-refractivity contribution in [3.8, 4) is 0 Å². The first-order valence-corrected chi connectivity index (χ1v) is 2.91. The molecule has 0 aromatic carbocycles. The van der Waals surface area contributed by atoms with Crippen molar-refractivity contribution >= 4 is 0 Å². The van der Waals surface area contributed by atoms with Gasteiger partial charge in [0.05, 0.1) is 0 Å². The Morgan fingerprint density at radius 2 is 0.800 bits per heavy atom. The first-order chi connectivity index (χ1) is 2.00. The Labute approximate surface area is 30.7 Å². The summed E-state index contributed by atoms with van der Waals surface area (Å²) in [6.07, 6.45) is 0. The van der Waals surface area contributed by atoms with E-state index >= 15 is 0 Å². The molecular formula is AgO4. The molecule has 0 aromatic rings. The Balaban J connectivity index is 6.05. The molecule has 0 heterocycles. The molecule has 0 aliphatic heterocycles. The van der Waals surface area contributed by atoms with Gasteiger partial charge in [-0.25, -0.2) is 0 Å². The van der Waals surface area contributed by atoms with E-state index in [1.165, 1.54) is 0 Å². The van der Waals surface area contributed by atoms with Crippen molar-refractivity contribution in [2.24, 2.45) is 0 Å². The van der Waals surface area contributed by atoms with Gasteiger partial charge in [-0.1, -0.05) is 0 Å². The van der Waals surface area contributed by atoms with Crippen LogP contribution in [0.1, 0.15) is 0 Å². The van der Waals surface area contributed by atoms with E-state index in [1.807, 2.05) is 0 Å². The van der Waals surface area contributed by atoms with E-state index in [1.54, 1.807) is 0 Å². The van der Waals surface area contributed by atoms with Crippen LogP contribution in [0.2, 0.25) is 0 Å². The van der Waals surface area contributed by atoms with Gasteiger partial charge in [0.2, 0.25) is 0 Å². The molecule has 0 saturated carbocycles. The van der Waals surface area contributed by atoms with E-state index in [0.717, 1.165) is 0 Å². The van der Waals surface area contributed by atoms with Crippen molar-refractivity contribution in [2.45, 2.75) is 0 Å². The van der Waals surface area contributed by atoms with Gasteiger partial charge in [0, 0.05) is 0 Å². The van der Waals surface area contributed by atoms with Crippen LogP contribution < -0.4 is 0 Å². The van der Waals surface area contributed by atoms with Gasteiger partial charge in [-0.15, -0.1) is 0 Å². The van der Waals surface area contributed by atoms with Crippen molar-refractivity contribution < 1.29 is 30.0 Å². The zero-order chi connectivity index (χ0) is 4.50. The molecule has 5 heteroatoms. The summed E-state index contributed by atoms with van der Waals surface area (Å²) >= 11 is -5.62. The first kappa shape index (κ1) is 4.94. The van der Waals surface area contributed by atoms with Crippen molar-refractivity contribution in [1.82, 2.24) is 0 Å². The third kappa shape index (κ3) is 4160. The first-order valence-electron chi connectivity index (χ1n) is 0.492. The molecule has 0 aliphatic carbocycles. The topological polar surface area (TPSA) is 68.3 Å². The Morgan fingerprint density at radius 1 is 0.800 bits per heavy atom. The summed E-state index contributed by atoms with van der Waals surface area (Å²) in [4.78, 5) is 0. The Kier molecular flexibility index (Phi) is 0.954. The molecule has 0 fully saturated rings. The van der Waals surface area contributed by atoms with Crippen LogP contribution in [0, 0.1) is 0 Å². The van der Waals surface area contributed by atoms with Gasteiger partial charge < -0.3 is 0 Å². The SMILES string of the molecule is [O]=[Ag](=[O])(=[O])=[O]. The fourth-order valence-electron chi connectivity index (χ4n) is 0. The van der Waals surface area contributed by atoms with Gasteiger partial charge in [-0.05, 0) is 0 Å². The third-order valence-electron chi connectivity index (χ3n) is 0. The zero-order valence-corrected chi connectivity index (χ0v) is 3.42.